The number of hydrogen-bond donors (Lipinski definition) is 1. The summed E-state index contributed by atoms with van der Waals surface area (Å²) in [6, 6.07) is 10.4. The standard InChI is InChI=1S/C19H17ClN6O4/c1-29-10-8-21-15(27)11-26-19(28)25-9-2-3-14(17(25)23-26)18-22-16(24-30-18)12-4-6-13(20)7-5-12/h2-7,9H,8,10-11H2,1H3,(H,21,27). The molecule has 0 aliphatic carbocycles. The second-order valence-corrected chi connectivity index (χ2v) is 6.76. The minimum absolute atomic E-state index is 0.201. The van der Waals surface area contributed by atoms with E-state index in [-0.39, 0.29) is 18.3 Å². The second kappa shape index (κ2) is 8.47. The number of carbonyl (C=O) groups excluding carboxylic acids is 1. The number of halogens is 1. The molecule has 0 atom stereocenters. The first-order chi connectivity index (χ1) is 14.6. The van der Waals surface area contributed by atoms with Crippen LogP contribution in [0.4, 0.5) is 0 Å². The van der Waals surface area contributed by atoms with Crippen LogP contribution in [-0.4, -0.2) is 50.5 Å². The highest BCUT2D eigenvalue weighted by atomic mass is 35.5. The lowest BCUT2D eigenvalue weighted by Crippen LogP contribution is -2.34. The van der Waals surface area contributed by atoms with E-state index in [1.165, 1.54) is 11.5 Å². The molecule has 3 heterocycles. The Labute approximate surface area is 175 Å². The molecule has 0 fully saturated rings. The van der Waals surface area contributed by atoms with Gasteiger partial charge in [0, 0.05) is 30.4 Å². The van der Waals surface area contributed by atoms with Crippen molar-refractivity contribution in [1.82, 2.24) is 29.6 Å². The van der Waals surface area contributed by atoms with Crippen LogP contribution >= 0.6 is 11.6 Å². The Balaban J connectivity index is 1.65. The van der Waals surface area contributed by atoms with Crippen LogP contribution in [0.15, 0.2) is 51.9 Å². The number of ether oxygens (including phenoxy) is 1. The van der Waals surface area contributed by atoms with Crippen LogP contribution in [0.3, 0.4) is 0 Å². The van der Waals surface area contributed by atoms with Crippen molar-refractivity contribution >= 4 is 23.2 Å². The molecule has 154 valence electrons. The maximum atomic E-state index is 12.6. The zero-order chi connectivity index (χ0) is 21.1. The third kappa shape index (κ3) is 3.95. The Morgan fingerprint density at radius 1 is 1.27 bits per heavy atom. The van der Waals surface area contributed by atoms with Crippen molar-refractivity contribution in [2.45, 2.75) is 6.54 Å². The first-order valence-electron chi connectivity index (χ1n) is 9.00. The number of nitrogens with one attached hydrogen (secondary N) is 1. The van der Waals surface area contributed by atoms with Crippen LogP contribution in [0, 0.1) is 0 Å². The molecule has 10 nitrogen and oxygen atoms in total. The van der Waals surface area contributed by atoms with Crippen LogP contribution in [0.1, 0.15) is 0 Å². The van der Waals surface area contributed by atoms with Gasteiger partial charge in [-0.1, -0.05) is 16.8 Å². The summed E-state index contributed by atoms with van der Waals surface area (Å²) >= 11 is 5.91. The van der Waals surface area contributed by atoms with E-state index in [1.807, 2.05) is 0 Å². The Morgan fingerprint density at radius 2 is 2.07 bits per heavy atom. The van der Waals surface area contributed by atoms with Gasteiger partial charge in [-0.25, -0.2) is 13.9 Å². The number of pyridine rings is 1. The van der Waals surface area contributed by atoms with Crippen molar-refractivity contribution in [3.63, 3.8) is 0 Å². The summed E-state index contributed by atoms with van der Waals surface area (Å²) in [5, 5.41) is 11.5. The van der Waals surface area contributed by atoms with Crippen molar-refractivity contribution < 1.29 is 14.1 Å². The van der Waals surface area contributed by atoms with Crippen molar-refractivity contribution in [2.24, 2.45) is 0 Å². The van der Waals surface area contributed by atoms with Crippen molar-refractivity contribution in [2.75, 3.05) is 20.3 Å². The topological polar surface area (TPSA) is 117 Å². The molecule has 0 aliphatic heterocycles. The number of nitrogens with zero attached hydrogens (tertiary/aromatic N) is 5. The number of carbonyl (C=O) groups is 1. The Morgan fingerprint density at radius 3 is 2.83 bits per heavy atom. The summed E-state index contributed by atoms with van der Waals surface area (Å²) in [7, 11) is 1.54. The average molecular weight is 429 g/mol. The van der Waals surface area contributed by atoms with Crippen molar-refractivity contribution in [3.8, 4) is 22.8 Å². The summed E-state index contributed by atoms with van der Waals surface area (Å²) in [6.07, 6.45) is 1.56. The van der Waals surface area contributed by atoms with Gasteiger partial charge >= 0.3 is 5.69 Å². The smallest absolute Gasteiger partial charge is 0.350 e. The van der Waals surface area contributed by atoms with Gasteiger partial charge in [0.25, 0.3) is 5.89 Å². The number of aromatic nitrogens is 5. The number of rotatable bonds is 7. The summed E-state index contributed by atoms with van der Waals surface area (Å²) in [6.45, 7) is 0.505. The van der Waals surface area contributed by atoms with E-state index in [0.717, 1.165) is 10.2 Å². The van der Waals surface area contributed by atoms with Gasteiger partial charge in [0.1, 0.15) is 6.54 Å². The first kappa shape index (κ1) is 19.8. The predicted molar refractivity (Wildman–Crippen MR) is 108 cm³/mol. The molecule has 1 amide bonds. The zero-order valence-electron chi connectivity index (χ0n) is 15.9. The van der Waals surface area contributed by atoms with Crippen molar-refractivity contribution in [1.29, 1.82) is 0 Å². The third-order valence-electron chi connectivity index (χ3n) is 4.29. The fourth-order valence-corrected chi connectivity index (χ4v) is 2.97. The molecular weight excluding hydrogens is 412 g/mol. The lowest BCUT2D eigenvalue weighted by atomic mass is 10.2. The average Bonchev–Trinajstić information content (AvgIpc) is 3.34. The molecule has 0 saturated carbocycles. The number of methoxy groups -OCH3 is 1. The van der Waals surface area contributed by atoms with Crippen LogP contribution in [0.2, 0.25) is 5.02 Å². The normalized spacial score (nSPS) is 11.1. The van der Waals surface area contributed by atoms with E-state index < -0.39 is 5.69 Å². The summed E-state index contributed by atoms with van der Waals surface area (Å²) in [5.74, 6) is 0.233. The van der Waals surface area contributed by atoms with E-state index in [9.17, 15) is 9.59 Å². The molecule has 1 aromatic carbocycles. The minimum atomic E-state index is -0.453. The SMILES string of the molecule is COCCNC(=O)Cn1nc2c(-c3nc(-c4ccc(Cl)cc4)no3)cccn2c1=O. The molecule has 0 aliphatic rings. The van der Waals surface area contributed by atoms with Gasteiger partial charge in [-0.3, -0.25) is 4.79 Å². The number of hydrogen-bond acceptors (Lipinski definition) is 7. The molecule has 4 aromatic rings. The minimum Gasteiger partial charge on any atom is -0.383 e. The molecule has 0 radical (unpaired) electrons. The summed E-state index contributed by atoms with van der Waals surface area (Å²) < 4.78 is 12.7. The number of fused-ring (bicyclic) bond motifs is 1. The second-order valence-electron chi connectivity index (χ2n) is 6.33. The van der Waals surface area contributed by atoms with Gasteiger partial charge in [-0.2, -0.15) is 4.98 Å². The largest absolute Gasteiger partial charge is 0.383 e. The fraction of sp³-hybridized carbons (Fsp3) is 0.211. The van der Waals surface area contributed by atoms with E-state index in [4.69, 9.17) is 20.9 Å². The molecular formula is C19H17ClN6O4. The Bertz CT molecular complexity index is 1240. The Kier molecular flexibility index (Phi) is 5.59. The summed E-state index contributed by atoms with van der Waals surface area (Å²) in [4.78, 5) is 29.0. The first-order valence-corrected chi connectivity index (χ1v) is 9.38. The number of benzene rings is 1. The zero-order valence-corrected chi connectivity index (χ0v) is 16.7. The van der Waals surface area contributed by atoms with E-state index in [2.05, 4.69) is 20.6 Å². The van der Waals surface area contributed by atoms with Gasteiger partial charge in [0.15, 0.2) is 5.65 Å². The van der Waals surface area contributed by atoms with E-state index >= 15 is 0 Å². The maximum absolute atomic E-state index is 12.6. The van der Waals surface area contributed by atoms with Gasteiger partial charge in [0.2, 0.25) is 11.7 Å². The van der Waals surface area contributed by atoms with E-state index in [0.29, 0.717) is 35.2 Å². The molecule has 3 aromatic heterocycles. The number of amides is 1. The van der Waals surface area contributed by atoms with Crippen LogP contribution in [0.5, 0.6) is 0 Å². The predicted octanol–water partition coefficient (Wildman–Crippen LogP) is 1.63. The molecule has 1 N–H and O–H groups in total. The van der Waals surface area contributed by atoms with Gasteiger partial charge in [-0.15, -0.1) is 5.10 Å². The molecule has 0 unspecified atom stereocenters. The monoisotopic (exact) mass is 428 g/mol. The maximum Gasteiger partial charge on any atom is 0.350 e. The summed E-state index contributed by atoms with van der Waals surface area (Å²) in [5.41, 5.74) is 1.06. The van der Waals surface area contributed by atoms with Gasteiger partial charge in [0.05, 0.1) is 12.2 Å². The van der Waals surface area contributed by atoms with Crippen LogP contribution < -0.4 is 11.0 Å². The third-order valence-corrected chi connectivity index (χ3v) is 4.54. The lowest BCUT2D eigenvalue weighted by Gasteiger charge is -2.03. The molecule has 0 saturated heterocycles. The molecule has 30 heavy (non-hydrogen) atoms. The quantitative estimate of drug-likeness (QED) is 0.444. The molecule has 0 bridgehead atoms. The molecule has 11 heteroatoms. The van der Waals surface area contributed by atoms with Gasteiger partial charge < -0.3 is 14.6 Å². The van der Waals surface area contributed by atoms with Crippen LogP contribution in [-0.2, 0) is 16.1 Å². The molecule has 0 spiro atoms. The fourth-order valence-electron chi connectivity index (χ4n) is 2.84. The lowest BCUT2D eigenvalue weighted by molar-refractivity contribution is -0.122. The highest BCUT2D eigenvalue weighted by molar-refractivity contribution is 6.30. The van der Waals surface area contributed by atoms with Crippen LogP contribution in [0.25, 0.3) is 28.5 Å². The Hall–Kier alpha value is -3.50. The highest BCUT2D eigenvalue weighted by Gasteiger charge is 2.18. The molecule has 4 rings (SSSR count). The van der Waals surface area contributed by atoms with Crippen molar-refractivity contribution in [3.05, 3.63) is 58.1 Å². The highest BCUT2D eigenvalue weighted by Crippen LogP contribution is 2.25. The van der Waals surface area contributed by atoms with E-state index in [1.54, 1.807) is 42.6 Å². The van der Waals surface area contributed by atoms with Gasteiger partial charge in [-0.05, 0) is 36.4 Å².